The summed E-state index contributed by atoms with van der Waals surface area (Å²) in [6, 6.07) is 7.15. The molecule has 0 heterocycles. The molecule has 3 aliphatic rings. The number of aryl methyl sites for hydroxylation is 1. The molecule has 4 rings (SSSR count). The number of rotatable bonds is 5. The second-order valence-corrected chi connectivity index (χ2v) is 9.46. The molecule has 0 radical (unpaired) electrons. The number of benzene rings is 1. The largest absolute Gasteiger partial charge is 0.374 e. The van der Waals surface area contributed by atoms with E-state index in [0.717, 1.165) is 30.3 Å². The zero-order valence-corrected chi connectivity index (χ0v) is 17.9. The van der Waals surface area contributed by atoms with Gasteiger partial charge in [-0.25, -0.2) is 0 Å². The lowest BCUT2D eigenvalue weighted by molar-refractivity contribution is -0.0138. The first kappa shape index (κ1) is 20.0. The van der Waals surface area contributed by atoms with Gasteiger partial charge in [-0.15, -0.1) is 0 Å². The average molecular weight is 379 g/mol. The molecule has 0 N–H and O–H groups in total. The van der Waals surface area contributed by atoms with Gasteiger partial charge >= 0.3 is 0 Å². The molecule has 0 spiro atoms. The Morgan fingerprint density at radius 1 is 0.857 bits per heavy atom. The lowest BCUT2D eigenvalue weighted by Gasteiger charge is -2.44. The van der Waals surface area contributed by atoms with Crippen molar-refractivity contribution in [1.82, 2.24) is 0 Å². The Labute approximate surface area is 172 Å². The molecule has 152 valence electrons. The summed E-state index contributed by atoms with van der Waals surface area (Å²) in [5.41, 5.74) is 4.61. The van der Waals surface area contributed by atoms with E-state index in [9.17, 15) is 0 Å². The summed E-state index contributed by atoms with van der Waals surface area (Å²) < 4.78 is 6.09. The van der Waals surface area contributed by atoms with E-state index in [1.54, 1.807) is 11.1 Å². The highest BCUT2D eigenvalue weighted by Gasteiger charge is 2.38. The van der Waals surface area contributed by atoms with Gasteiger partial charge in [-0.3, -0.25) is 0 Å². The van der Waals surface area contributed by atoms with Crippen molar-refractivity contribution in [2.45, 2.75) is 77.7 Å². The van der Waals surface area contributed by atoms with Crippen molar-refractivity contribution in [3.63, 3.8) is 0 Å². The Bertz CT molecular complexity index is 700. The Morgan fingerprint density at radius 2 is 1.64 bits per heavy atom. The molecule has 1 nitrogen and oxygen atoms in total. The predicted molar refractivity (Wildman–Crippen MR) is 119 cm³/mol. The van der Waals surface area contributed by atoms with Gasteiger partial charge in [-0.1, -0.05) is 42.5 Å². The van der Waals surface area contributed by atoms with Gasteiger partial charge in [0.1, 0.15) is 0 Å². The first-order chi connectivity index (χ1) is 13.8. The molecule has 5 atom stereocenters. The van der Waals surface area contributed by atoms with Crippen molar-refractivity contribution < 1.29 is 4.74 Å². The summed E-state index contributed by atoms with van der Waals surface area (Å²) in [6.45, 7) is 4.98. The third kappa shape index (κ3) is 4.62. The molecular weight excluding hydrogens is 340 g/mol. The van der Waals surface area contributed by atoms with Crippen LogP contribution in [-0.4, -0.2) is 12.7 Å². The summed E-state index contributed by atoms with van der Waals surface area (Å²) in [4.78, 5) is 0. The summed E-state index contributed by atoms with van der Waals surface area (Å²) in [6.07, 6.45) is 21.5. The lowest BCUT2D eigenvalue weighted by atomic mass is 9.62. The van der Waals surface area contributed by atoms with Crippen LogP contribution >= 0.6 is 0 Å². The third-order valence-electron chi connectivity index (χ3n) is 7.79. The SMILES string of the molecule is C/C=C/CO[C@@H]1CC[C@@H]2CC(C3CCc4cc(/C=C/C)ccc4C3)CCC2C1. The van der Waals surface area contributed by atoms with Crippen molar-refractivity contribution in [2.75, 3.05) is 6.61 Å². The second-order valence-electron chi connectivity index (χ2n) is 9.46. The Hall–Kier alpha value is -1.34. The molecule has 2 fully saturated rings. The smallest absolute Gasteiger partial charge is 0.0651 e. The number of hydrogen-bond acceptors (Lipinski definition) is 1. The monoisotopic (exact) mass is 378 g/mol. The highest BCUT2D eigenvalue weighted by atomic mass is 16.5. The molecule has 3 aliphatic carbocycles. The molecule has 28 heavy (non-hydrogen) atoms. The van der Waals surface area contributed by atoms with Gasteiger partial charge in [0.15, 0.2) is 0 Å². The van der Waals surface area contributed by atoms with Crippen molar-refractivity contribution in [2.24, 2.45) is 23.7 Å². The molecular formula is C27H38O. The van der Waals surface area contributed by atoms with Crippen LogP contribution in [0.25, 0.3) is 6.08 Å². The molecule has 0 saturated heterocycles. The quantitative estimate of drug-likeness (QED) is 0.501. The maximum Gasteiger partial charge on any atom is 0.0651 e. The molecule has 0 aliphatic heterocycles. The Balaban J connectivity index is 1.32. The maximum absolute atomic E-state index is 6.09. The van der Waals surface area contributed by atoms with Gasteiger partial charge in [0, 0.05) is 0 Å². The number of hydrogen-bond donors (Lipinski definition) is 0. The maximum atomic E-state index is 6.09. The molecule has 2 saturated carbocycles. The fourth-order valence-corrected chi connectivity index (χ4v) is 6.25. The number of fused-ring (bicyclic) bond motifs is 2. The zero-order chi connectivity index (χ0) is 19.3. The van der Waals surface area contributed by atoms with E-state index in [4.69, 9.17) is 4.74 Å². The van der Waals surface area contributed by atoms with E-state index in [1.807, 2.05) is 0 Å². The van der Waals surface area contributed by atoms with E-state index in [2.05, 4.69) is 56.4 Å². The van der Waals surface area contributed by atoms with Crippen LogP contribution in [0.3, 0.4) is 0 Å². The standard InChI is InChI=1S/C27H38O/c1-3-5-15-28-27-14-13-25-18-24(11-12-26(25)19-27)23-10-9-21-16-20(6-4-2)7-8-22(21)17-23/h3-8,16,23-27H,9-15,17-19H2,1-2H3/b5-3+,6-4+/t23?,24?,25-,26?,27-/m1/s1. The first-order valence-corrected chi connectivity index (χ1v) is 11.7. The first-order valence-electron chi connectivity index (χ1n) is 11.7. The predicted octanol–water partition coefficient (Wildman–Crippen LogP) is 7.00. The molecule has 0 bridgehead atoms. The minimum Gasteiger partial charge on any atom is -0.374 e. The summed E-state index contributed by atoms with van der Waals surface area (Å²) >= 11 is 0. The van der Waals surface area contributed by atoms with Crippen LogP contribution in [-0.2, 0) is 17.6 Å². The van der Waals surface area contributed by atoms with Crippen LogP contribution in [0.5, 0.6) is 0 Å². The lowest BCUT2D eigenvalue weighted by Crippen LogP contribution is -2.37. The van der Waals surface area contributed by atoms with E-state index < -0.39 is 0 Å². The number of allylic oxidation sites excluding steroid dienone is 2. The fraction of sp³-hybridized carbons (Fsp3) is 0.630. The van der Waals surface area contributed by atoms with Gasteiger partial charge < -0.3 is 4.74 Å². The van der Waals surface area contributed by atoms with Gasteiger partial charge in [0.25, 0.3) is 0 Å². The molecule has 1 heteroatoms. The van der Waals surface area contributed by atoms with Crippen LogP contribution < -0.4 is 0 Å². The van der Waals surface area contributed by atoms with E-state index in [-0.39, 0.29) is 0 Å². The average Bonchev–Trinajstić information content (AvgIpc) is 2.73. The topological polar surface area (TPSA) is 9.23 Å². The van der Waals surface area contributed by atoms with Crippen LogP contribution in [0, 0.1) is 23.7 Å². The normalized spacial score (nSPS) is 33.1. The zero-order valence-electron chi connectivity index (χ0n) is 17.9. The van der Waals surface area contributed by atoms with Crippen LogP contribution in [0.2, 0.25) is 0 Å². The van der Waals surface area contributed by atoms with Crippen molar-refractivity contribution in [1.29, 1.82) is 0 Å². The van der Waals surface area contributed by atoms with E-state index >= 15 is 0 Å². The van der Waals surface area contributed by atoms with Crippen molar-refractivity contribution in [3.05, 3.63) is 53.1 Å². The summed E-state index contributed by atoms with van der Waals surface area (Å²) in [7, 11) is 0. The molecule has 1 aromatic carbocycles. The van der Waals surface area contributed by atoms with E-state index in [1.165, 1.54) is 63.4 Å². The van der Waals surface area contributed by atoms with E-state index in [0.29, 0.717) is 6.10 Å². The highest BCUT2D eigenvalue weighted by molar-refractivity contribution is 5.52. The van der Waals surface area contributed by atoms with Gasteiger partial charge in [-0.2, -0.15) is 0 Å². The fourth-order valence-electron chi connectivity index (χ4n) is 6.25. The Kier molecular flexibility index (Phi) is 6.73. The Morgan fingerprint density at radius 3 is 2.46 bits per heavy atom. The van der Waals surface area contributed by atoms with Crippen molar-refractivity contribution in [3.8, 4) is 0 Å². The van der Waals surface area contributed by atoms with Crippen molar-refractivity contribution >= 4 is 6.08 Å². The summed E-state index contributed by atoms with van der Waals surface area (Å²) in [5, 5.41) is 0. The summed E-state index contributed by atoms with van der Waals surface area (Å²) in [5.74, 6) is 3.79. The van der Waals surface area contributed by atoms with Gasteiger partial charge in [0.2, 0.25) is 0 Å². The highest BCUT2D eigenvalue weighted by Crippen LogP contribution is 2.47. The molecule has 1 aromatic rings. The van der Waals surface area contributed by atoms with Crippen LogP contribution in [0.15, 0.2) is 36.4 Å². The van der Waals surface area contributed by atoms with Gasteiger partial charge in [-0.05, 0) is 112 Å². The molecule has 3 unspecified atom stereocenters. The number of ether oxygens (including phenoxy) is 1. The van der Waals surface area contributed by atoms with Gasteiger partial charge in [0.05, 0.1) is 12.7 Å². The minimum absolute atomic E-state index is 0.516. The minimum atomic E-state index is 0.516. The molecule has 0 aromatic heterocycles. The third-order valence-corrected chi connectivity index (χ3v) is 7.79. The second kappa shape index (κ2) is 9.44. The van der Waals surface area contributed by atoms with Crippen LogP contribution in [0.1, 0.15) is 75.5 Å². The molecule has 0 amide bonds. The van der Waals surface area contributed by atoms with Crippen LogP contribution in [0.4, 0.5) is 0 Å².